The molecule has 128 valence electrons. The standard InChI is InChI=1S/C18H25N5O/c1-3-23-12-20-22-16(23)13-7-6-8-14(11-13)21-17(24)15-9-4-5-10-18(15,2)19/h6-8,11-12,15H,3-5,9-10,19H2,1-2H3,(H,21,24). The number of nitrogens with one attached hydrogen (secondary N) is 1. The van der Waals surface area contributed by atoms with Crippen molar-refractivity contribution in [3.8, 4) is 11.4 Å². The Morgan fingerprint density at radius 1 is 1.46 bits per heavy atom. The predicted octanol–water partition coefficient (Wildman–Crippen LogP) is 2.81. The fourth-order valence-corrected chi connectivity index (χ4v) is 3.46. The zero-order chi connectivity index (χ0) is 17.2. The first kappa shape index (κ1) is 16.6. The smallest absolute Gasteiger partial charge is 0.229 e. The van der Waals surface area contributed by atoms with Gasteiger partial charge in [-0.25, -0.2) is 0 Å². The largest absolute Gasteiger partial charge is 0.326 e. The summed E-state index contributed by atoms with van der Waals surface area (Å²) in [7, 11) is 0. The molecule has 2 atom stereocenters. The molecule has 0 aliphatic heterocycles. The van der Waals surface area contributed by atoms with Crippen LogP contribution in [0.15, 0.2) is 30.6 Å². The Bertz CT molecular complexity index is 722. The van der Waals surface area contributed by atoms with Crippen LogP contribution in [0.2, 0.25) is 0 Å². The van der Waals surface area contributed by atoms with Crippen molar-refractivity contribution in [2.45, 2.75) is 51.6 Å². The van der Waals surface area contributed by atoms with Gasteiger partial charge in [0.15, 0.2) is 5.82 Å². The lowest BCUT2D eigenvalue weighted by molar-refractivity contribution is -0.122. The maximum absolute atomic E-state index is 12.7. The van der Waals surface area contributed by atoms with Crippen LogP contribution in [0.25, 0.3) is 11.4 Å². The van der Waals surface area contributed by atoms with Crippen molar-refractivity contribution >= 4 is 11.6 Å². The number of aromatic nitrogens is 3. The average Bonchev–Trinajstić information content (AvgIpc) is 3.03. The van der Waals surface area contributed by atoms with Gasteiger partial charge in [-0.1, -0.05) is 25.0 Å². The number of hydrogen-bond donors (Lipinski definition) is 2. The Morgan fingerprint density at radius 2 is 2.29 bits per heavy atom. The van der Waals surface area contributed by atoms with Crippen molar-refractivity contribution in [3.63, 3.8) is 0 Å². The Balaban J connectivity index is 1.78. The van der Waals surface area contributed by atoms with Crippen LogP contribution in [-0.4, -0.2) is 26.2 Å². The van der Waals surface area contributed by atoms with E-state index in [0.29, 0.717) is 0 Å². The summed E-state index contributed by atoms with van der Waals surface area (Å²) in [5, 5.41) is 11.2. The third kappa shape index (κ3) is 3.33. The maximum atomic E-state index is 12.7. The molecule has 0 radical (unpaired) electrons. The van der Waals surface area contributed by atoms with Gasteiger partial charge in [0.05, 0.1) is 5.92 Å². The number of nitrogens with two attached hydrogens (primary N) is 1. The molecule has 1 aromatic carbocycles. The first-order valence-electron chi connectivity index (χ1n) is 8.59. The number of aryl methyl sites for hydroxylation is 1. The van der Waals surface area contributed by atoms with Gasteiger partial charge >= 0.3 is 0 Å². The summed E-state index contributed by atoms with van der Waals surface area (Å²) in [4.78, 5) is 12.7. The van der Waals surface area contributed by atoms with Gasteiger partial charge in [0.2, 0.25) is 5.91 Å². The first-order chi connectivity index (χ1) is 11.5. The summed E-state index contributed by atoms with van der Waals surface area (Å²) in [6.07, 6.45) is 5.61. The fraction of sp³-hybridized carbons (Fsp3) is 0.500. The SMILES string of the molecule is CCn1cnnc1-c1cccc(NC(=O)C2CCCCC2(C)N)c1. The van der Waals surface area contributed by atoms with Crippen LogP contribution in [0, 0.1) is 5.92 Å². The molecular weight excluding hydrogens is 302 g/mol. The van der Waals surface area contributed by atoms with E-state index in [1.54, 1.807) is 6.33 Å². The third-order valence-corrected chi connectivity index (χ3v) is 4.92. The molecule has 2 unspecified atom stereocenters. The van der Waals surface area contributed by atoms with E-state index in [9.17, 15) is 4.79 Å². The third-order valence-electron chi connectivity index (χ3n) is 4.92. The quantitative estimate of drug-likeness (QED) is 0.904. The molecule has 1 aliphatic rings. The lowest BCUT2D eigenvalue weighted by Gasteiger charge is -2.37. The second-order valence-corrected chi connectivity index (χ2v) is 6.81. The van der Waals surface area contributed by atoms with Crippen molar-refractivity contribution in [1.29, 1.82) is 0 Å². The summed E-state index contributed by atoms with van der Waals surface area (Å²) in [5.41, 5.74) is 7.62. The van der Waals surface area contributed by atoms with Crippen LogP contribution in [0.5, 0.6) is 0 Å². The number of carbonyl (C=O) groups is 1. The van der Waals surface area contributed by atoms with Crippen LogP contribution in [0.1, 0.15) is 39.5 Å². The van der Waals surface area contributed by atoms with E-state index >= 15 is 0 Å². The van der Waals surface area contributed by atoms with Crippen LogP contribution >= 0.6 is 0 Å². The minimum absolute atomic E-state index is 0.00816. The van der Waals surface area contributed by atoms with Gasteiger partial charge in [-0.15, -0.1) is 10.2 Å². The van der Waals surface area contributed by atoms with Crippen LogP contribution < -0.4 is 11.1 Å². The molecule has 1 fully saturated rings. The number of amides is 1. The molecule has 1 amide bonds. The number of rotatable bonds is 4. The second kappa shape index (κ2) is 6.73. The van der Waals surface area contributed by atoms with Crippen LogP contribution in [0.4, 0.5) is 5.69 Å². The molecule has 3 rings (SSSR count). The van der Waals surface area contributed by atoms with E-state index in [2.05, 4.69) is 15.5 Å². The summed E-state index contributed by atoms with van der Waals surface area (Å²) in [6.45, 7) is 4.83. The minimum atomic E-state index is -0.428. The summed E-state index contributed by atoms with van der Waals surface area (Å²) < 4.78 is 1.97. The Morgan fingerprint density at radius 3 is 3.04 bits per heavy atom. The molecule has 1 heterocycles. The summed E-state index contributed by atoms with van der Waals surface area (Å²) >= 11 is 0. The van der Waals surface area contributed by atoms with Gasteiger partial charge in [-0.2, -0.15) is 0 Å². The average molecular weight is 327 g/mol. The molecule has 3 N–H and O–H groups in total. The normalized spacial score (nSPS) is 23.9. The summed E-state index contributed by atoms with van der Waals surface area (Å²) in [5.74, 6) is 0.665. The topological polar surface area (TPSA) is 85.8 Å². The molecule has 0 bridgehead atoms. The van der Waals surface area contributed by atoms with Crippen molar-refractivity contribution < 1.29 is 4.79 Å². The first-order valence-corrected chi connectivity index (χ1v) is 8.59. The molecule has 1 aliphatic carbocycles. The van der Waals surface area contributed by atoms with Crippen molar-refractivity contribution in [2.24, 2.45) is 11.7 Å². The molecule has 2 aromatic rings. The van der Waals surface area contributed by atoms with Gasteiger partial charge < -0.3 is 15.6 Å². The lowest BCUT2D eigenvalue weighted by Crippen LogP contribution is -2.51. The number of carbonyl (C=O) groups excluding carboxylic acids is 1. The van der Waals surface area contributed by atoms with E-state index in [1.165, 1.54) is 0 Å². The van der Waals surface area contributed by atoms with Crippen molar-refractivity contribution in [1.82, 2.24) is 14.8 Å². The van der Waals surface area contributed by atoms with E-state index in [1.807, 2.05) is 42.7 Å². The van der Waals surface area contributed by atoms with E-state index in [0.717, 1.165) is 49.3 Å². The molecule has 1 aromatic heterocycles. The zero-order valence-corrected chi connectivity index (χ0v) is 14.3. The van der Waals surface area contributed by atoms with Gasteiger partial charge in [-0.05, 0) is 38.8 Å². The Hall–Kier alpha value is -2.21. The van der Waals surface area contributed by atoms with E-state index < -0.39 is 5.54 Å². The second-order valence-electron chi connectivity index (χ2n) is 6.81. The number of benzene rings is 1. The van der Waals surface area contributed by atoms with Crippen molar-refractivity contribution in [3.05, 3.63) is 30.6 Å². The summed E-state index contributed by atoms with van der Waals surface area (Å²) in [6, 6.07) is 7.72. The Labute approximate surface area is 142 Å². The molecule has 6 nitrogen and oxygen atoms in total. The predicted molar refractivity (Wildman–Crippen MR) is 94.3 cm³/mol. The number of hydrogen-bond acceptors (Lipinski definition) is 4. The fourth-order valence-electron chi connectivity index (χ4n) is 3.46. The molecule has 6 heteroatoms. The highest BCUT2D eigenvalue weighted by molar-refractivity contribution is 5.94. The zero-order valence-electron chi connectivity index (χ0n) is 14.3. The maximum Gasteiger partial charge on any atom is 0.229 e. The van der Waals surface area contributed by atoms with Crippen LogP contribution in [0.3, 0.4) is 0 Å². The van der Waals surface area contributed by atoms with Gasteiger partial charge in [0.1, 0.15) is 6.33 Å². The number of anilines is 1. The van der Waals surface area contributed by atoms with E-state index in [-0.39, 0.29) is 11.8 Å². The molecule has 0 spiro atoms. The highest BCUT2D eigenvalue weighted by Gasteiger charge is 2.37. The van der Waals surface area contributed by atoms with E-state index in [4.69, 9.17) is 5.73 Å². The lowest BCUT2D eigenvalue weighted by atomic mass is 9.74. The van der Waals surface area contributed by atoms with Crippen molar-refractivity contribution in [2.75, 3.05) is 5.32 Å². The van der Waals surface area contributed by atoms with Gasteiger partial charge in [0.25, 0.3) is 0 Å². The molecular formula is C18H25N5O. The molecule has 1 saturated carbocycles. The highest BCUT2D eigenvalue weighted by Crippen LogP contribution is 2.32. The molecule has 24 heavy (non-hydrogen) atoms. The highest BCUT2D eigenvalue weighted by atomic mass is 16.1. The molecule has 0 saturated heterocycles. The number of nitrogens with zero attached hydrogens (tertiary/aromatic N) is 3. The monoisotopic (exact) mass is 327 g/mol. The Kier molecular flexibility index (Phi) is 4.66. The minimum Gasteiger partial charge on any atom is -0.326 e. The van der Waals surface area contributed by atoms with Crippen LogP contribution in [-0.2, 0) is 11.3 Å². The van der Waals surface area contributed by atoms with Gasteiger partial charge in [-0.3, -0.25) is 4.79 Å². The van der Waals surface area contributed by atoms with Gasteiger partial charge in [0, 0.05) is 23.3 Å².